The third-order valence-corrected chi connectivity index (χ3v) is 3.84. The third kappa shape index (κ3) is 2.71. The van der Waals surface area contributed by atoms with Crippen LogP contribution in [0, 0.1) is 5.92 Å². The summed E-state index contributed by atoms with van der Waals surface area (Å²) < 4.78 is 17.6. The molecule has 5 unspecified atom stereocenters. The van der Waals surface area contributed by atoms with Crippen molar-refractivity contribution in [2.24, 2.45) is 5.92 Å². The number of hydrogen-bond acceptors (Lipinski definition) is 4. The maximum Gasteiger partial charge on any atom is 0.163 e. The number of allylic oxidation sites excluding steroid dienone is 1. The van der Waals surface area contributed by atoms with E-state index in [0.717, 1.165) is 5.70 Å². The molecule has 0 bridgehead atoms. The highest BCUT2D eigenvalue weighted by Gasteiger charge is 2.48. The number of nitrogens with one attached hydrogen (secondary N) is 1. The molecule has 0 saturated carbocycles. The van der Waals surface area contributed by atoms with E-state index >= 15 is 0 Å². The highest BCUT2D eigenvalue weighted by molar-refractivity contribution is 5.02. The zero-order valence-corrected chi connectivity index (χ0v) is 12.0. The molecule has 2 aliphatic rings. The lowest BCUT2D eigenvalue weighted by Crippen LogP contribution is -2.46. The molecule has 2 rings (SSSR count). The van der Waals surface area contributed by atoms with E-state index in [1.54, 1.807) is 0 Å². The Morgan fingerprint density at radius 1 is 1.33 bits per heavy atom. The molecule has 4 heteroatoms. The van der Waals surface area contributed by atoms with Gasteiger partial charge >= 0.3 is 0 Å². The summed E-state index contributed by atoms with van der Waals surface area (Å²) in [5.41, 5.74) is 0.965. The van der Waals surface area contributed by atoms with Gasteiger partial charge in [0.25, 0.3) is 0 Å². The SMILES string of the molecule is C=C(C)NC1C(C)C(C)OC1C1COC(C)(C)O1. The molecule has 104 valence electrons. The van der Waals surface area contributed by atoms with E-state index in [4.69, 9.17) is 14.2 Å². The molecule has 0 spiro atoms. The van der Waals surface area contributed by atoms with E-state index in [-0.39, 0.29) is 24.4 Å². The second-order valence-corrected chi connectivity index (χ2v) is 5.98. The molecule has 0 aromatic rings. The molecular formula is C14H25NO3. The summed E-state index contributed by atoms with van der Waals surface area (Å²) in [5, 5.41) is 3.42. The monoisotopic (exact) mass is 255 g/mol. The Balaban J connectivity index is 2.08. The van der Waals surface area contributed by atoms with E-state index in [2.05, 4.69) is 25.7 Å². The minimum absolute atomic E-state index is 0.00995. The smallest absolute Gasteiger partial charge is 0.163 e. The average Bonchev–Trinajstić information content (AvgIpc) is 2.72. The van der Waals surface area contributed by atoms with E-state index in [1.165, 1.54) is 0 Å². The molecule has 0 aromatic heterocycles. The van der Waals surface area contributed by atoms with Gasteiger partial charge in [-0.05, 0) is 27.7 Å². The lowest BCUT2D eigenvalue weighted by atomic mass is 9.94. The van der Waals surface area contributed by atoms with Gasteiger partial charge in [-0.2, -0.15) is 0 Å². The zero-order valence-electron chi connectivity index (χ0n) is 12.0. The average molecular weight is 255 g/mol. The Bertz CT molecular complexity index is 329. The second kappa shape index (κ2) is 4.83. The Hall–Kier alpha value is -0.580. The van der Waals surface area contributed by atoms with Gasteiger partial charge < -0.3 is 19.5 Å². The van der Waals surface area contributed by atoms with Crippen LogP contribution in [0.3, 0.4) is 0 Å². The molecule has 2 heterocycles. The largest absolute Gasteiger partial charge is 0.383 e. The van der Waals surface area contributed by atoms with Crippen molar-refractivity contribution in [2.45, 2.75) is 64.8 Å². The van der Waals surface area contributed by atoms with Crippen molar-refractivity contribution in [3.63, 3.8) is 0 Å². The summed E-state index contributed by atoms with van der Waals surface area (Å²) in [7, 11) is 0. The zero-order chi connectivity index (χ0) is 13.5. The van der Waals surface area contributed by atoms with Gasteiger partial charge in [-0.15, -0.1) is 0 Å². The molecule has 2 aliphatic heterocycles. The first-order valence-electron chi connectivity index (χ1n) is 6.69. The van der Waals surface area contributed by atoms with Gasteiger partial charge in [-0.1, -0.05) is 13.5 Å². The Labute approximate surface area is 110 Å². The normalized spacial score (nSPS) is 43.1. The van der Waals surface area contributed by atoms with Crippen molar-refractivity contribution in [3.8, 4) is 0 Å². The second-order valence-electron chi connectivity index (χ2n) is 5.98. The molecule has 0 radical (unpaired) electrons. The molecular weight excluding hydrogens is 230 g/mol. The van der Waals surface area contributed by atoms with Gasteiger partial charge in [0.2, 0.25) is 0 Å². The summed E-state index contributed by atoms with van der Waals surface area (Å²) in [6.45, 7) is 14.7. The van der Waals surface area contributed by atoms with Crippen LogP contribution in [0.2, 0.25) is 0 Å². The van der Waals surface area contributed by atoms with Crippen molar-refractivity contribution in [1.29, 1.82) is 0 Å². The van der Waals surface area contributed by atoms with Crippen molar-refractivity contribution < 1.29 is 14.2 Å². The minimum atomic E-state index is -0.503. The van der Waals surface area contributed by atoms with Gasteiger partial charge in [-0.25, -0.2) is 0 Å². The maximum absolute atomic E-state index is 6.06. The fraction of sp³-hybridized carbons (Fsp3) is 0.857. The van der Waals surface area contributed by atoms with Gasteiger partial charge in [0.05, 0.1) is 18.8 Å². The van der Waals surface area contributed by atoms with E-state index in [0.29, 0.717) is 12.5 Å². The molecule has 0 aromatic carbocycles. The van der Waals surface area contributed by atoms with Crippen LogP contribution >= 0.6 is 0 Å². The number of rotatable bonds is 3. The first kappa shape index (κ1) is 13.8. The molecule has 1 N–H and O–H groups in total. The fourth-order valence-corrected chi connectivity index (χ4v) is 2.74. The summed E-state index contributed by atoms with van der Waals surface area (Å²) in [6.07, 6.45) is 0.233. The van der Waals surface area contributed by atoms with Crippen LogP contribution in [0.4, 0.5) is 0 Å². The van der Waals surface area contributed by atoms with Gasteiger partial charge in [0.15, 0.2) is 5.79 Å². The molecule has 2 fully saturated rings. The fourth-order valence-electron chi connectivity index (χ4n) is 2.74. The lowest BCUT2D eigenvalue weighted by molar-refractivity contribution is -0.155. The standard InChI is InChI=1S/C14H25NO3/c1-8(2)15-12-9(3)10(4)17-13(12)11-7-16-14(5,6)18-11/h9-13,15H,1,7H2,2-6H3. The first-order valence-corrected chi connectivity index (χ1v) is 6.69. The molecule has 5 atom stereocenters. The summed E-state index contributed by atoms with van der Waals surface area (Å²) >= 11 is 0. The van der Waals surface area contributed by atoms with Gasteiger partial charge in [0.1, 0.15) is 12.2 Å². The molecule has 18 heavy (non-hydrogen) atoms. The predicted octanol–water partition coefficient (Wildman–Crippen LogP) is 2.05. The van der Waals surface area contributed by atoms with Crippen molar-refractivity contribution in [1.82, 2.24) is 5.32 Å². The van der Waals surface area contributed by atoms with Crippen molar-refractivity contribution in [3.05, 3.63) is 12.3 Å². The maximum atomic E-state index is 6.06. The summed E-state index contributed by atoms with van der Waals surface area (Å²) in [6, 6.07) is 0.236. The molecule has 2 saturated heterocycles. The highest BCUT2D eigenvalue weighted by atomic mass is 16.7. The Morgan fingerprint density at radius 3 is 2.50 bits per heavy atom. The van der Waals surface area contributed by atoms with Crippen LogP contribution in [0.5, 0.6) is 0 Å². The van der Waals surface area contributed by atoms with Crippen molar-refractivity contribution >= 4 is 0 Å². The van der Waals surface area contributed by atoms with Gasteiger partial charge in [-0.3, -0.25) is 0 Å². The Kier molecular flexibility index (Phi) is 3.72. The van der Waals surface area contributed by atoms with Crippen LogP contribution in [-0.4, -0.2) is 36.7 Å². The van der Waals surface area contributed by atoms with Crippen LogP contribution in [0.15, 0.2) is 12.3 Å². The summed E-state index contributed by atoms with van der Waals surface area (Å²) in [5.74, 6) is -0.0735. The lowest BCUT2D eigenvalue weighted by Gasteiger charge is -2.27. The van der Waals surface area contributed by atoms with Gasteiger partial charge in [0, 0.05) is 11.6 Å². The number of hydrogen-bond donors (Lipinski definition) is 1. The quantitative estimate of drug-likeness (QED) is 0.838. The highest BCUT2D eigenvalue weighted by Crippen LogP contribution is 2.34. The first-order chi connectivity index (χ1) is 8.30. The van der Waals surface area contributed by atoms with Crippen LogP contribution in [0.25, 0.3) is 0 Å². The third-order valence-electron chi connectivity index (χ3n) is 3.84. The van der Waals surface area contributed by atoms with Crippen LogP contribution in [0.1, 0.15) is 34.6 Å². The topological polar surface area (TPSA) is 39.7 Å². The van der Waals surface area contributed by atoms with Crippen LogP contribution in [-0.2, 0) is 14.2 Å². The van der Waals surface area contributed by atoms with E-state index in [9.17, 15) is 0 Å². The molecule has 0 aliphatic carbocycles. The van der Waals surface area contributed by atoms with E-state index in [1.807, 2.05) is 20.8 Å². The summed E-state index contributed by atoms with van der Waals surface area (Å²) in [4.78, 5) is 0. The molecule has 4 nitrogen and oxygen atoms in total. The number of ether oxygens (including phenoxy) is 3. The Morgan fingerprint density at radius 2 is 2.00 bits per heavy atom. The predicted molar refractivity (Wildman–Crippen MR) is 70.1 cm³/mol. The molecule has 0 amide bonds. The minimum Gasteiger partial charge on any atom is -0.383 e. The van der Waals surface area contributed by atoms with Crippen molar-refractivity contribution in [2.75, 3.05) is 6.61 Å². The van der Waals surface area contributed by atoms with Crippen LogP contribution < -0.4 is 5.32 Å². The van der Waals surface area contributed by atoms with E-state index < -0.39 is 5.79 Å².